The normalized spacial score (nSPS) is 24.4. The molecule has 1 aromatic heterocycles. The van der Waals surface area contributed by atoms with Crippen molar-refractivity contribution in [2.45, 2.75) is 83.4 Å². The molecule has 2 N–H and O–H groups in total. The number of carbonyl (C=O) groups excluding carboxylic acids is 1. The van der Waals surface area contributed by atoms with Crippen LogP contribution in [0.25, 0.3) is 0 Å². The Bertz CT molecular complexity index is 622. The van der Waals surface area contributed by atoms with Crippen LogP contribution in [0, 0.1) is 5.92 Å². The molecule has 2 aliphatic rings. The van der Waals surface area contributed by atoms with Gasteiger partial charge in [0.2, 0.25) is 5.91 Å². The third-order valence-corrected chi connectivity index (χ3v) is 5.40. The summed E-state index contributed by atoms with van der Waals surface area (Å²) in [7, 11) is 0. The van der Waals surface area contributed by atoms with Crippen molar-refractivity contribution in [1.29, 1.82) is 0 Å². The third-order valence-electron chi connectivity index (χ3n) is 5.40. The number of carbonyl (C=O) groups is 1. The summed E-state index contributed by atoms with van der Waals surface area (Å²) in [6, 6.07) is 0.197. The number of amides is 1. The number of hydrogen-bond acceptors (Lipinski definition) is 4. The molecule has 0 unspecified atom stereocenters. The lowest BCUT2D eigenvalue weighted by molar-refractivity contribution is -0.117. The summed E-state index contributed by atoms with van der Waals surface area (Å²) >= 11 is 0. The molecule has 0 aliphatic heterocycles. The van der Waals surface area contributed by atoms with Gasteiger partial charge in [0.05, 0.1) is 6.20 Å². The maximum Gasteiger partial charge on any atom is 0.244 e. The molecule has 1 amide bonds. The highest BCUT2D eigenvalue weighted by Crippen LogP contribution is 2.28. The Balaban J connectivity index is 1.57. The minimum absolute atomic E-state index is 0.0598. The quantitative estimate of drug-likeness (QED) is 0.803. The van der Waals surface area contributed by atoms with E-state index in [1.165, 1.54) is 24.8 Å². The van der Waals surface area contributed by atoms with Crippen LogP contribution in [0.15, 0.2) is 17.8 Å². The van der Waals surface area contributed by atoms with Gasteiger partial charge in [-0.1, -0.05) is 23.6 Å². The molecule has 2 saturated carbocycles. The van der Waals surface area contributed by atoms with Crippen molar-refractivity contribution in [2.24, 2.45) is 5.92 Å². The van der Waals surface area contributed by atoms with Gasteiger partial charge in [0.1, 0.15) is 11.3 Å². The predicted molar refractivity (Wildman–Crippen MR) is 95.7 cm³/mol. The van der Waals surface area contributed by atoms with E-state index in [0.717, 1.165) is 38.6 Å². The van der Waals surface area contributed by atoms with Gasteiger partial charge in [-0.3, -0.25) is 9.48 Å². The van der Waals surface area contributed by atoms with Crippen LogP contribution in [0.2, 0.25) is 0 Å². The molecule has 2 fully saturated rings. The highest BCUT2D eigenvalue weighted by molar-refractivity contribution is 5.88. The molecule has 25 heavy (non-hydrogen) atoms. The van der Waals surface area contributed by atoms with Gasteiger partial charge in [-0.2, -0.15) is 0 Å². The Morgan fingerprint density at radius 3 is 2.76 bits per heavy atom. The molecule has 2 atom stereocenters. The summed E-state index contributed by atoms with van der Waals surface area (Å²) in [6.07, 6.45) is 12.7. The lowest BCUT2D eigenvalue weighted by atomic mass is 9.94. The zero-order valence-electron chi connectivity index (χ0n) is 15.4. The number of nitrogens with zero attached hydrogens (tertiary/aromatic N) is 3. The van der Waals surface area contributed by atoms with E-state index in [4.69, 9.17) is 0 Å². The van der Waals surface area contributed by atoms with Gasteiger partial charge in [0.15, 0.2) is 0 Å². The molecular formula is C19H30N4O2. The molecular weight excluding hydrogens is 316 g/mol. The Hall–Kier alpha value is -1.69. The van der Waals surface area contributed by atoms with Crippen molar-refractivity contribution in [3.63, 3.8) is 0 Å². The average Bonchev–Trinajstić information content (AvgIpc) is 3.18. The molecule has 1 heterocycles. The third kappa shape index (κ3) is 4.91. The van der Waals surface area contributed by atoms with E-state index in [1.54, 1.807) is 24.7 Å². The van der Waals surface area contributed by atoms with Crippen LogP contribution in [0.3, 0.4) is 0 Å². The van der Waals surface area contributed by atoms with Crippen molar-refractivity contribution in [1.82, 2.24) is 20.3 Å². The van der Waals surface area contributed by atoms with Gasteiger partial charge in [-0.25, -0.2) is 0 Å². The van der Waals surface area contributed by atoms with Gasteiger partial charge < -0.3 is 10.4 Å². The number of aliphatic hydroxyl groups is 1. The van der Waals surface area contributed by atoms with Gasteiger partial charge in [0.25, 0.3) is 0 Å². The highest BCUT2D eigenvalue weighted by Gasteiger charge is 2.29. The predicted octanol–water partition coefficient (Wildman–Crippen LogP) is 2.68. The van der Waals surface area contributed by atoms with E-state index in [1.807, 2.05) is 6.08 Å². The second kappa shape index (κ2) is 7.68. The summed E-state index contributed by atoms with van der Waals surface area (Å²) < 4.78 is 1.79. The van der Waals surface area contributed by atoms with Crippen LogP contribution in [0.5, 0.6) is 0 Å². The van der Waals surface area contributed by atoms with E-state index in [9.17, 15) is 9.90 Å². The molecule has 1 aromatic rings. The second-order valence-corrected chi connectivity index (χ2v) is 8.05. The van der Waals surface area contributed by atoms with Crippen LogP contribution in [0.1, 0.15) is 70.9 Å². The van der Waals surface area contributed by atoms with Gasteiger partial charge in [0, 0.05) is 18.7 Å². The fourth-order valence-corrected chi connectivity index (χ4v) is 3.91. The van der Waals surface area contributed by atoms with E-state index >= 15 is 0 Å². The largest absolute Gasteiger partial charge is 0.384 e. The van der Waals surface area contributed by atoms with E-state index in [0.29, 0.717) is 11.6 Å². The average molecular weight is 346 g/mol. The van der Waals surface area contributed by atoms with E-state index in [2.05, 4.69) is 15.6 Å². The monoisotopic (exact) mass is 346 g/mol. The molecule has 6 nitrogen and oxygen atoms in total. The summed E-state index contributed by atoms with van der Waals surface area (Å²) in [4.78, 5) is 12.3. The molecule has 0 saturated heterocycles. The molecule has 0 bridgehead atoms. The van der Waals surface area contributed by atoms with Gasteiger partial charge in [-0.15, -0.1) is 5.10 Å². The number of hydrogen-bond donors (Lipinski definition) is 2. The maximum absolute atomic E-state index is 12.3. The van der Waals surface area contributed by atoms with Crippen LogP contribution in [-0.4, -0.2) is 32.0 Å². The Kier molecular flexibility index (Phi) is 5.57. The number of aromatic nitrogens is 3. The molecule has 0 spiro atoms. The first-order valence-electron chi connectivity index (χ1n) is 9.55. The first kappa shape index (κ1) is 18.1. The zero-order chi connectivity index (χ0) is 17.9. The van der Waals surface area contributed by atoms with Crippen LogP contribution in [-0.2, 0) is 16.9 Å². The van der Waals surface area contributed by atoms with Crippen LogP contribution < -0.4 is 5.32 Å². The van der Waals surface area contributed by atoms with Crippen LogP contribution in [0.4, 0.5) is 0 Å². The summed E-state index contributed by atoms with van der Waals surface area (Å²) in [5, 5.41) is 21.4. The molecule has 0 aromatic carbocycles. The van der Waals surface area contributed by atoms with E-state index < -0.39 is 5.60 Å². The number of nitrogens with one attached hydrogen (secondary N) is 1. The zero-order valence-corrected chi connectivity index (χ0v) is 15.4. The minimum atomic E-state index is -0.978. The molecule has 138 valence electrons. The first-order valence-corrected chi connectivity index (χ1v) is 9.55. The molecule has 0 radical (unpaired) electrons. The lowest BCUT2D eigenvalue weighted by Crippen LogP contribution is -2.38. The van der Waals surface area contributed by atoms with Crippen molar-refractivity contribution >= 4 is 5.91 Å². The van der Waals surface area contributed by atoms with Crippen molar-refractivity contribution < 1.29 is 9.90 Å². The minimum Gasteiger partial charge on any atom is -0.384 e. The highest BCUT2D eigenvalue weighted by atomic mass is 16.3. The smallest absolute Gasteiger partial charge is 0.244 e. The molecule has 6 heteroatoms. The first-order chi connectivity index (χ1) is 11.9. The number of rotatable bonds is 5. The van der Waals surface area contributed by atoms with Gasteiger partial charge in [-0.05, 0) is 58.3 Å². The maximum atomic E-state index is 12.3. The SMILES string of the molecule is CC(C)(O)c1cn(C[C@@H]2CCC[C@@H]2NC(=O)C=C2CCCCC2)nn1. The Morgan fingerprint density at radius 2 is 2.08 bits per heavy atom. The Labute approximate surface area is 149 Å². The Morgan fingerprint density at radius 1 is 1.32 bits per heavy atom. The fourth-order valence-electron chi connectivity index (χ4n) is 3.91. The van der Waals surface area contributed by atoms with Crippen molar-refractivity contribution in [2.75, 3.05) is 0 Å². The van der Waals surface area contributed by atoms with E-state index in [-0.39, 0.29) is 11.9 Å². The van der Waals surface area contributed by atoms with Crippen LogP contribution >= 0.6 is 0 Å². The van der Waals surface area contributed by atoms with Crippen molar-refractivity contribution in [3.8, 4) is 0 Å². The second-order valence-electron chi connectivity index (χ2n) is 8.05. The van der Waals surface area contributed by atoms with Gasteiger partial charge >= 0.3 is 0 Å². The standard InChI is InChI=1S/C19H30N4O2/c1-19(2,25)17-13-23(22-21-17)12-15-9-6-10-16(15)20-18(24)11-14-7-4-3-5-8-14/h11,13,15-16,25H,3-10,12H2,1-2H3,(H,20,24)/t15-,16-/m0/s1. The fraction of sp³-hybridized carbons (Fsp3) is 0.737. The summed E-state index contributed by atoms with van der Waals surface area (Å²) in [6.45, 7) is 4.14. The van der Waals surface area contributed by atoms with Crippen molar-refractivity contribution in [3.05, 3.63) is 23.5 Å². The topological polar surface area (TPSA) is 80.0 Å². The molecule has 2 aliphatic carbocycles. The lowest BCUT2D eigenvalue weighted by Gasteiger charge is -2.21. The summed E-state index contributed by atoms with van der Waals surface area (Å²) in [5.74, 6) is 0.426. The number of allylic oxidation sites excluding steroid dienone is 1. The summed E-state index contributed by atoms with van der Waals surface area (Å²) in [5.41, 5.74) is 0.894. The molecule has 3 rings (SSSR count).